The van der Waals surface area contributed by atoms with E-state index in [9.17, 15) is 0 Å². The van der Waals surface area contributed by atoms with Crippen molar-refractivity contribution in [3.8, 4) is 5.75 Å². The molecular weight excluding hydrogens is 348 g/mol. The predicted octanol–water partition coefficient (Wildman–Crippen LogP) is 4.72. The van der Waals surface area contributed by atoms with E-state index in [0.717, 1.165) is 39.6 Å². The maximum absolute atomic E-state index is 5.95. The van der Waals surface area contributed by atoms with E-state index < -0.39 is 0 Å². The van der Waals surface area contributed by atoms with Gasteiger partial charge < -0.3 is 10.1 Å². The molecule has 21 heavy (non-hydrogen) atoms. The van der Waals surface area contributed by atoms with Gasteiger partial charge in [-0.05, 0) is 24.7 Å². The molecule has 1 N–H and O–H groups in total. The Hall–Kier alpha value is -0.910. The van der Waals surface area contributed by atoms with Crippen LogP contribution < -0.4 is 10.1 Å². The number of hydrogen-bond donors (Lipinski definition) is 1. The SMILES string of the molecule is CCNCc1cc(Br)ccc1OCc1csc(C(C)C)n1. The lowest BCUT2D eigenvalue weighted by Crippen LogP contribution is -2.13. The number of benzene rings is 1. The number of nitrogens with zero attached hydrogens (tertiary/aromatic N) is 1. The molecule has 0 aliphatic carbocycles. The highest BCUT2D eigenvalue weighted by Crippen LogP contribution is 2.25. The average molecular weight is 369 g/mol. The quantitative estimate of drug-likeness (QED) is 0.767. The van der Waals surface area contributed by atoms with Gasteiger partial charge in [-0.3, -0.25) is 0 Å². The maximum Gasteiger partial charge on any atom is 0.131 e. The Balaban J connectivity index is 2.04. The van der Waals surface area contributed by atoms with E-state index in [2.05, 4.69) is 58.4 Å². The van der Waals surface area contributed by atoms with E-state index in [1.807, 2.05) is 12.1 Å². The lowest BCUT2D eigenvalue weighted by molar-refractivity contribution is 0.298. The monoisotopic (exact) mass is 368 g/mol. The van der Waals surface area contributed by atoms with E-state index in [1.54, 1.807) is 11.3 Å². The summed E-state index contributed by atoms with van der Waals surface area (Å²) in [7, 11) is 0. The number of ether oxygens (including phenoxy) is 1. The van der Waals surface area contributed by atoms with Gasteiger partial charge in [0, 0.05) is 27.9 Å². The molecule has 0 amide bonds. The topological polar surface area (TPSA) is 34.1 Å². The van der Waals surface area contributed by atoms with Crippen molar-refractivity contribution in [2.75, 3.05) is 6.54 Å². The van der Waals surface area contributed by atoms with Gasteiger partial charge >= 0.3 is 0 Å². The highest BCUT2D eigenvalue weighted by molar-refractivity contribution is 9.10. The van der Waals surface area contributed by atoms with Crippen molar-refractivity contribution in [3.05, 3.63) is 44.3 Å². The summed E-state index contributed by atoms with van der Waals surface area (Å²) in [5, 5.41) is 6.58. The Morgan fingerprint density at radius 2 is 2.19 bits per heavy atom. The second-order valence-electron chi connectivity index (χ2n) is 5.15. The van der Waals surface area contributed by atoms with Crippen LogP contribution in [0.1, 0.15) is 43.0 Å². The molecule has 0 aliphatic heterocycles. The van der Waals surface area contributed by atoms with Crippen LogP contribution in [-0.4, -0.2) is 11.5 Å². The molecule has 1 aromatic carbocycles. The van der Waals surface area contributed by atoms with Crippen LogP contribution in [0.3, 0.4) is 0 Å². The molecule has 0 bridgehead atoms. The fourth-order valence-corrected chi connectivity index (χ4v) is 3.12. The Morgan fingerprint density at radius 3 is 2.86 bits per heavy atom. The van der Waals surface area contributed by atoms with Crippen LogP contribution in [0.25, 0.3) is 0 Å². The van der Waals surface area contributed by atoms with E-state index in [4.69, 9.17) is 4.74 Å². The summed E-state index contributed by atoms with van der Waals surface area (Å²) in [6.45, 7) is 8.68. The number of halogens is 1. The van der Waals surface area contributed by atoms with E-state index in [0.29, 0.717) is 12.5 Å². The fraction of sp³-hybridized carbons (Fsp3) is 0.438. The third-order valence-corrected chi connectivity index (χ3v) is 4.71. The second-order valence-corrected chi connectivity index (χ2v) is 6.96. The molecular formula is C16H21BrN2OS. The molecule has 0 unspecified atom stereocenters. The minimum atomic E-state index is 0.473. The summed E-state index contributed by atoms with van der Waals surface area (Å²) in [5.41, 5.74) is 2.16. The van der Waals surface area contributed by atoms with Crippen molar-refractivity contribution >= 4 is 27.3 Å². The first-order valence-electron chi connectivity index (χ1n) is 7.16. The molecule has 1 aromatic heterocycles. The highest BCUT2D eigenvalue weighted by atomic mass is 79.9. The number of nitrogens with one attached hydrogen (secondary N) is 1. The summed E-state index contributed by atoms with van der Waals surface area (Å²) in [4.78, 5) is 4.60. The van der Waals surface area contributed by atoms with Crippen LogP contribution in [0.2, 0.25) is 0 Å². The molecule has 3 nitrogen and oxygen atoms in total. The van der Waals surface area contributed by atoms with Crippen molar-refractivity contribution in [1.82, 2.24) is 10.3 Å². The first kappa shape index (κ1) is 16.5. The second kappa shape index (κ2) is 7.92. The third-order valence-electron chi connectivity index (χ3n) is 3.03. The summed E-state index contributed by atoms with van der Waals surface area (Å²) < 4.78 is 7.02. The molecule has 0 spiro atoms. The normalized spacial score (nSPS) is 11.1. The maximum atomic E-state index is 5.95. The van der Waals surface area contributed by atoms with Crippen molar-refractivity contribution in [3.63, 3.8) is 0 Å². The van der Waals surface area contributed by atoms with Gasteiger partial charge in [0.2, 0.25) is 0 Å². The molecule has 0 aliphatic rings. The molecule has 2 rings (SSSR count). The van der Waals surface area contributed by atoms with Gasteiger partial charge in [-0.15, -0.1) is 11.3 Å². The number of aromatic nitrogens is 1. The van der Waals surface area contributed by atoms with Gasteiger partial charge in [0.25, 0.3) is 0 Å². The summed E-state index contributed by atoms with van der Waals surface area (Å²) in [6.07, 6.45) is 0. The zero-order valence-corrected chi connectivity index (χ0v) is 15.1. The zero-order valence-electron chi connectivity index (χ0n) is 12.6. The van der Waals surface area contributed by atoms with Crippen molar-refractivity contribution in [1.29, 1.82) is 0 Å². The van der Waals surface area contributed by atoms with Crippen molar-refractivity contribution < 1.29 is 4.74 Å². The van der Waals surface area contributed by atoms with Crippen molar-refractivity contribution in [2.45, 2.75) is 39.8 Å². The zero-order chi connectivity index (χ0) is 15.2. The Bertz CT molecular complexity index is 583. The van der Waals surface area contributed by atoms with E-state index in [-0.39, 0.29) is 0 Å². The smallest absolute Gasteiger partial charge is 0.131 e. The fourth-order valence-electron chi connectivity index (χ4n) is 1.89. The molecule has 0 atom stereocenters. The first-order chi connectivity index (χ1) is 10.1. The summed E-state index contributed by atoms with van der Waals surface area (Å²) >= 11 is 5.21. The minimum absolute atomic E-state index is 0.473. The minimum Gasteiger partial charge on any atom is -0.487 e. The van der Waals surface area contributed by atoms with Crippen LogP contribution in [0.15, 0.2) is 28.1 Å². The molecule has 114 valence electrons. The molecule has 0 radical (unpaired) electrons. The summed E-state index contributed by atoms with van der Waals surface area (Å²) in [5.74, 6) is 1.39. The van der Waals surface area contributed by atoms with E-state index in [1.165, 1.54) is 0 Å². The van der Waals surface area contributed by atoms with Crippen LogP contribution >= 0.6 is 27.3 Å². The molecule has 0 saturated heterocycles. The van der Waals surface area contributed by atoms with Crippen LogP contribution in [0.4, 0.5) is 0 Å². The Kier molecular flexibility index (Phi) is 6.21. The van der Waals surface area contributed by atoms with Gasteiger partial charge in [-0.1, -0.05) is 36.7 Å². The number of hydrogen-bond acceptors (Lipinski definition) is 4. The molecule has 1 heterocycles. The summed E-state index contributed by atoms with van der Waals surface area (Å²) in [6, 6.07) is 6.11. The highest BCUT2D eigenvalue weighted by Gasteiger charge is 2.08. The Labute approximate surface area is 138 Å². The third kappa shape index (κ3) is 4.80. The number of rotatable bonds is 7. The molecule has 0 fully saturated rings. The molecule has 2 aromatic rings. The van der Waals surface area contributed by atoms with Gasteiger partial charge in [0.1, 0.15) is 12.4 Å². The molecule has 0 saturated carbocycles. The number of thiazole rings is 1. The van der Waals surface area contributed by atoms with E-state index >= 15 is 0 Å². The van der Waals surface area contributed by atoms with Gasteiger partial charge in [0.05, 0.1) is 10.7 Å². The average Bonchev–Trinajstić information content (AvgIpc) is 2.93. The van der Waals surface area contributed by atoms with Crippen LogP contribution in [-0.2, 0) is 13.2 Å². The van der Waals surface area contributed by atoms with Crippen LogP contribution in [0, 0.1) is 0 Å². The largest absolute Gasteiger partial charge is 0.487 e. The predicted molar refractivity (Wildman–Crippen MR) is 92.1 cm³/mol. The lowest BCUT2D eigenvalue weighted by atomic mass is 10.2. The first-order valence-corrected chi connectivity index (χ1v) is 8.83. The van der Waals surface area contributed by atoms with Crippen molar-refractivity contribution in [2.24, 2.45) is 0 Å². The van der Waals surface area contributed by atoms with Crippen LogP contribution in [0.5, 0.6) is 5.75 Å². The van der Waals surface area contributed by atoms with Gasteiger partial charge in [0.15, 0.2) is 0 Å². The molecule has 5 heteroatoms. The van der Waals surface area contributed by atoms with Gasteiger partial charge in [-0.25, -0.2) is 4.98 Å². The lowest BCUT2D eigenvalue weighted by Gasteiger charge is -2.11. The Morgan fingerprint density at radius 1 is 1.38 bits per heavy atom. The van der Waals surface area contributed by atoms with Gasteiger partial charge in [-0.2, -0.15) is 0 Å². The standard InChI is InChI=1S/C16H21BrN2OS/c1-4-18-8-12-7-13(17)5-6-15(12)20-9-14-10-21-16(19-14)11(2)3/h5-7,10-11,18H,4,8-9H2,1-3H3.